The summed E-state index contributed by atoms with van der Waals surface area (Å²) in [6.07, 6.45) is 0.0897. The van der Waals surface area contributed by atoms with Gasteiger partial charge in [0.1, 0.15) is 48.9 Å². The van der Waals surface area contributed by atoms with Crippen LogP contribution in [0.4, 0.5) is 41.9 Å². The van der Waals surface area contributed by atoms with Gasteiger partial charge in [0.15, 0.2) is 0 Å². The lowest BCUT2D eigenvalue weighted by Crippen LogP contribution is -2.57. The summed E-state index contributed by atoms with van der Waals surface area (Å²) in [6.45, 7) is 4.13. The number of carbonyl (C=O) groups excluding carboxylic acids is 12. The SMILES string of the molecule is CC(C)[C@H](NC(=O)CN(CCN1C(=O)C=CC1=O)CC(=O)N[C@H](C(=O)N[C@@H](CCCNC(N)=O)C(=O)Nc1ccc(COC(=O)Oc2ccc([N+](=O)[O-])cc2)cc1)C(C)C)C(=O)N[C@@H](CCCNC(N)=O)C(=O)Nc1ccc(COC(=O)Oc2ccc([N+](=O)[O-])cc2)cc1. The van der Waals surface area contributed by atoms with Crippen LogP contribution in [0.2, 0.25) is 0 Å². The highest BCUT2D eigenvalue weighted by molar-refractivity contribution is 6.13. The van der Waals surface area contributed by atoms with Gasteiger partial charge >= 0.3 is 24.4 Å². The molecule has 4 atom stereocenters. The van der Waals surface area contributed by atoms with Gasteiger partial charge in [0.25, 0.3) is 23.2 Å². The van der Waals surface area contributed by atoms with E-state index in [0.717, 1.165) is 41.3 Å². The highest BCUT2D eigenvalue weighted by Gasteiger charge is 2.33. The first-order valence-electron chi connectivity index (χ1n) is 29.1. The minimum atomic E-state index is -1.32. The van der Waals surface area contributed by atoms with E-state index in [2.05, 4.69) is 42.5 Å². The maximum Gasteiger partial charge on any atom is 0.514 e. The van der Waals surface area contributed by atoms with Crippen molar-refractivity contribution in [1.82, 2.24) is 41.7 Å². The fourth-order valence-corrected chi connectivity index (χ4v) is 8.75. The molecule has 4 aromatic carbocycles. The first kappa shape index (κ1) is 73.2. The summed E-state index contributed by atoms with van der Waals surface area (Å²) in [5, 5.41) is 42.6. The zero-order valence-corrected chi connectivity index (χ0v) is 51.5. The van der Waals surface area contributed by atoms with Crippen molar-refractivity contribution in [1.29, 1.82) is 0 Å². The maximum absolute atomic E-state index is 14.1. The molecule has 4 aromatic rings. The summed E-state index contributed by atoms with van der Waals surface area (Å²) in [5.74, 6) is -7.25. The van der Waals surface area contributed by atoms with Gasteiger partial charge in [0, 0.05) is 74.0 Å². The first-order chi connectivity index (χ1) is 44.6. The van der Waals surface area contributed by atoms with Gasteiger partial charge in [-0.05, 0) is 97.2 Å². The van der Waals surface area contributed by atoms with E-state index in [1.807, 2.05) is 0 Å². The second kappa shape index (κ2) is 36.3. The second-order valence-electron chi connectivity index (χ2n) is 21.6. The molecule has 34 nitrogen and oxygen atoms in total. The molecular weight excluding hydrogens is 1240 g/mol. The molecule has 502 valence electrons. The summed E-state index contributed by atoms with van der Waals surface area (Å²) < 4.78 is 20.4. The Kier molecular flexibility index (Phi) is 28.3. The minimum absolute atomic E-state index is 0.00470. The van der Waals surface area contributed by atoms with E-state index in [9.17, 15) is 77.8 Å². The van der Waals surface area contributed by atoms with Crippen LogP contribution in [-0.4, -0.2) is 155 Å². The number of nitrogens with zero attached hydrogens (tertiary/aromatic N) is 4. The molecule has 12 amide bonds. The number of hydrogen-bond acceptors (Lipinski definition) is 21. The number of nitrogens with one attached hydrogen (secondary N) is 8. The van der Waals surface area contributed by atoms with Crippen LogP contribution < -0.4 is 63.5 Å². The Labute approximate surface area is 536 Å². The molecule has 1 aliphatic heterocycles. The minimum Gasteiger partial charge on any atom is -0.429 e. The number of benzene rings is 4. The van der Waals surface area contributed by atoms with Crippen LogP contribution in [0.1, 0.15) is 64.5 Å². The Morgan fingerprint density at radius 2 is 0.883 bits per heavy atom. The number of nitro groups is 2. The number of imide groups is 1. The Bertz CT molecular complexity index is 3200. The lowest BCUT2D eigenvalue weighted by molar-refractivity contribution is -0.385. The molecule has 34 heteroatoms. The molecule has 1 heterocycles. The molecule has 5 rings (SSSR count). The predicted molar refractivity (Wildman–Crippen MR) is 331 cm³/mol. The molecule has 0 spiro atoms. The summed E-state index contributed by atoms with van der Waals surface area (Å²) in [4.78, 5) is 179. The van der Waals surface area contributed by atoms with Crippen molar-refractivity contribution in [3.8, 4) is 11.5 Å². The third kappa shape index (κ3) is 25.0. The van der Waals surface area contributed by atoms with E-state index in [4.69, 9.17) is 30.4 Å². The number of carbonyl (C=O) groups is 12. The van der Waals surface area contributed by atoms with Crippen LogP contribution >= 0.6 is 0 Å². The maximum atomic E-state index is 14.1. The van der Waals surface area contributed by atoms with Gasteiger partial charge in [0.05, 0.1) is 22.9 Å². The van der Waals surface area contributed by atoms with Crippen molar-refractivity contribution in [3.63, 3.8) is 0 Å². The fourth-order valence-electron chi connectivity index (χ4n) is 8.75. The quantitative estimate of drug-likeness (QED) is 0.00790. The van der Waals surface area contributed by atoms with E-state index < -0.39 is 131 Å². The molecule has 0 bridgehead atoms. The Balaban J connectivity index is 1.22. The van der Waals surface area contributed by atoms with Crippen molar-refractivity contribution in [3.05, 3.63) is 141 Å². The predicted octanol–water partition coefficient (Wildman–Crippen LogP) is 2.89. The lowest BCUT2D eigenvalue weighted by atomic mass is 10.0. The highest BCUT2D eigenvalue weighted by atomic mass is 16.7. The van der Waals surface area contributed by atoms with Crippen molar-refractivity contribution < 1.29 is 86.3 Å². The molecule has 0 aromatic heterocycles. The number of nitro benzene ring substituents is 2. The van der Waals surface area contributed by atoms with Gasteiger partial charge in [-0.3, -0.25) is 68.4 Å². The fraction of sp³-hybridized carbons (Fsp3) is 0.367. The Morgan fingerprint density at radius 3 is 1.21 bits per heavy atom. The standard InChI is InChI=1S/C60H72N14O20/c1-35(2)51(55(81)67-45(7-5-27-63-57(61)83)53(79)65-39-13-9-37(10-14-39)33-91-59(85)93-43-21-17-41(18-22-43)73(87)88)69-47(75)31-71(29-30-72-49(77)25-26-50(72)78)32-48(76)70-52(36(3)4)56(82)68-46(8-6-28-64-58(62)84)54(80)66-40-15-11-38(12-16-40)34-92-60(86)94-44-23-19-42(20-24-44)74(89)90/h9-26,35-36,45-46,51-52H,5-8,27-34H2,1-4H3,(H,65,79)(H,66,80)(H,67,81)(H,68,82)(H,69,75)(H,70,76)(H3,61,63,83)(H3,62,64,84)/t45-,46-,51-,52-/m0/s1. The van der Waals surface area contributed by atoms with Crippen LogP contribution in [0.5, 0.6) is 11.5 Å². The number of non-ortho nitro benzene ring substituents is 2. The van der Waals surface area contributed by atoms with Crippen LogP contribution in [0.3, 0.4) is 0 Å². The molecule has 0 radical (unpaired) electrons. The number of urea groups is 2. The summed E-state index contributed by atoms with van der Waals surface area (Å²) in [6, 6.07) is 14.7. The number of amides is 12. The van der Waals surface area contributed by atoms with Crippen LogP contribution in [-0.2, 0) is 61.0 Å². The van der Waals surface area contributed by atoms with Crippen molar-refractivity contribution in [2.24, 2.45) is 23.3 Å². The number of nitrogens with two attached hydrogens (primary N) is 2. The molecule has 94 heavy (non-hydrogen) atoms. The molecule has 12 N–H and O–H groups in total. The Hall–Kier alpha value is -11.6. The molecule has 1 aliphatic rings. The van der Waals surface area contributed by atoms with Gasteiger partial charge in [-0.15, -0.1) is 0 Å². The lowest BCUT2D eigenvalue weighted by Gasteiger charge is -2.29. The van der Waals surface area contributed by atoms with Crippen molar-refractivity contribution >= 4 is 94.4 Å². The molecule has 0 aliphatic carbocycles. The van der Waals surface area contributed by atoms with Gasteiger partial charge in [-0.2, -0.15) is 0 Å². The number of anilines is 2. The number of rotatable bonds is 35. The molecule has 0 saturated carbocycles. The number of primary amides is 2. The summed E-state index contributed by atoms with van der Waals surface area (Å²) >= 11 is 0. The number of ether oxygens (including phenoxy) is 4. The zero-order chi connectivity index (χ0) is 69.0. The summed E-state index contributed by atoms with van der Waals surface area (Å²) in [7, 11) is 0. The summed E-state index contributed by atoms with van der Waals surface area (Å²) in [5.41, 5.74) is 11.5. The zero-order valence-electron chi connectivity index (χ0n) is 51.5. The van der Waals surface area contributed by atoms with Crippen molar-refractivity contribution in [2.45, 2.75) is 90.8 Å². The van der Waals surface area contributed by atoms with Crippen LogP contribution in [0.15, 0.2) is 109 Å². The smallest absolute Gasteiger partial charge is 0.429 e. The van der Waals surface area contributed by atoms with Gasteiger partial charge in [-0.1, -0.05) is 52.0 Å². The Morgan fingerprint density at radius 1 is 0.521 bits per heavy atom. The third-order valence-electron chi connectivity index (χ3n) is 13.7. The van der Waals surface area contributed by atoms with E-state index in [1.54, 1.807) is 27.7 Å². The van der Waals surface area contributed by atoms with Crippen LogP contribution in [0.25, 0.3) is 0 Å². The molecule has 0 fully saturated rings. The average molecular weight is 1310 g/mol. The average Bonchev–Trinajstić information content (AvgIpc) is 1.72. The molecule has 0 unspecified atom stereocenters. The normalized spacial score (nSPS) is 12.9. The van der Waals surface area contributed by atoms with Gasteiger partial charge in [0.2, 0.25) is 35.4 Å². The van der Waals surface area contributed by atoms with E-state index in [0.29, 0.717) is 11.1 Å². The molecule has 0 saturated heterocycles. The first-order valence-corrected chi connectivity index (χ1v) is 29.1. The van der Waals surface area contributed by atoms with E-state index in [-0.39, 0.29) is 99.3 Å². The largest absolute Gasteiger partial charge is 0.514 e. The topological polar surface area (TPSA) is 483 Å². The van der Waals surface area contributed by atoms with Gasteiger partial charge in [-0.25, -0.2) is 19.2 Å². The van der Waals surface area contributed by atoms with Crippen LogP contribution in [0, 0.1) is 32.1 Å². The van der Waals surface area contributed by atoms with Crippen molar-refractivity contribution in [2.75, 3.05) is 49.9 Å². The van der Waals surface area contributed by atoms with E-state index in [1.165, 1.54) is 77.7 Å². The number of hydrogen-bond donors (Lipinski definition) is 10. The molecular formula is C60H72N14O20. The monoisotopic (exact) mass is 1310 g/mol. The third-order valence-corrected chi connectivity index (χ3v) is 13.7. The highest BCUT2D eigenvalue weighted by Crippen LogP contribution is 2.21. The van der Waals surface area contributed by atoms with Gasteiger partial charge < -0.3 is 72.9 Å². The van der Waals surface area contributed by atoms with E-state index >= 15 is 0 Å². The second-order valence-corrected chi connectivity index (χ2v) is 21.6.